The molecule has 6 nitrogen and oxygen atoms in total. The van der Waals surface area contributed by atoms with Gasteiger partial charge < -0.3 is 14.9 Å². The first-order valence-electron chi connectivity index (χ1n) is 10.9. The van der Waals surface area contributed by atoms with Crippen molar-refractivity contribution < 1.29 is 19.2 Å². The Morgan fingerprint density at radius 3 is 2.44 bits per heavy atom. The number of nitrogens with one attached hydrogen (secondary N) is 1. The second kappa shape index (κ2) is 8.64. The van der Waals surface area contributed by atoms with E-state index in [2.05, 4.69) is 43.6 Å². The van der Waals surface area contributed by atoms with Crippen molar-refractivity contribution in [1.29, 1.82) is 0 Å². The molecule has 7 heteroatoms. The monoisotopic (exact) mass is 452 g/mol. The molecule has 0 atom stereocenters. The largest absolute Gasteiger partial charge is 0.481 e. The molecule has 0 fully saturated rings. The molecule has 0 unspecified atom stereocenters. The second-order valence-electron chi connectivity index (χ2n) is 9.83. The molecule has 1 aliphatic rings. The van der Waals surface area contributed by atoms with E-state index in [0.717, 1.165) is 43.8 Å². The fourth-order valence-electron chi connectivity index (χ4n) is 4.41. The number of carbonyl (C=O) groups is 2. The van der Waals surface area contributed by atoms with Gasteiger partial charge in [-0.2, -0.15) is 0 Å². The molecule has 3 aromatic rings. The lowest BCUT2D eigenvalue weighted by Gasteiger charge is -2.25. The van der Waals surface area contributed by atoms with Crippen molar-refractivity contribution >= 4 is 33.4 Å². The van der Waals surface area contributed by atoms with E-state index < -0.39 is 11.4 Å². The summed E-state index contributed by atoms with van der Waals surface area (Å²) in [5.41, 5.74) is 3.40. The Morgan fingerprint density at radius 1 is 1.12 bits per heavy atom. The van der Waals surface area contributed by atoms with Crippen LogP contribution in [-0.2, 0) is 35.4 Å². The van der Waals surface area contributed by atoms with Gasteiger partial charge in [0.05, 0.1) is 56.3 Å². The Kier molecular flexibility index (Phi) is 6.05. The van der Waals surface area contributed by atoms with Gasteiger partial charge in [0.15, 0.2) is 0 Å². The molecule has 0 saturated heterocycles. The van der Waals surface area contributed by atoms with Crippen LogP contribution in [0.3, 0.4) is 0 Å². The number of aliphatic carboxylic acids is 1. The topological polar surface area (TPSA) is 79.3 Å². The standard InChI is InChI=1S/C25H29N3O3S/c1-28(2,3)11-10-17-8-9-20-21(12-17)32-22(27-20)16-26-24(31)25(15-23(29)30)13-18-6-4-5-7-19(18)14-25/h4-9,12H,10-11,13-16H2,1-3H3,(H-,26,29,30,31)/p+1. The molecular formula is C25H30N3O3S+. The van der Waals surface area contributed by atoms with Crippen molar-refractivity contribution in [2.45, 2.75) is 32.2 Å². The van der Waals surface area contributed by atoms with Gasteiger partial charge in [-0.25, -0.2) is 4.98 Å². The molecule has 1 amide bonds. The average Bonchev–Trinajstić information content (AvgIpc) is 3.30. The fraction of sp³-hybridized carbons (Fsp3) is 0.400. The minimum atomic E-state index is -0.950. The number of amides is 1. The Balaban J connectivity index is 1.46. The van der Waals surface area contributed by atoms with Crippen LogP contribution in [0, 0.1) is 5.41 Å². The second-order valence-corrected chi connectivity index (χ2v) is 10.9. The minimum Gasteiger partial charge on any atom is -0.481 e. The van der Waals surface area contributed by atoms with Gasteiger partial charge in [0.2, 0.25) is 5.91 Å². The van der Waals surface area contributed by atoms with Gasteiger partial charge in [-0.3, -0.25) is 9.59 Å². The summed E-state index contributed by atoms with van der Waals surface area (Å²) in [5, 5.41) is 13.3. The van der Waals surface area contributed by atoms with Crippen molar-refractivity contribution in [1.82, 2.24) is 10.3 Å². The quantitative estimate of drug-likeness (QED) is 0.514. The normalized spacial score (nSPS) is 15.0. The Morgan fingerprint density at radius 2 is 1.81 bits per heavy atom. The van der Waals surface area contributed by atoms with Gasteiger partial charge in [-0.05, 0) is 41.7 Å². The van der Waals surface area contributed by atoms with Crippen molar-refractivity contribution in [2.24, 2.45) is 5.41 Å². The number of aromatic nitrogens is 1. The van der Waals surface area contributed by atoms with Crippen LogP contribution in [0.2, 0.25) is 0 Å². The molecule has 32 heavy (non-hydrogen) atoms. The van der Waals surface area contributed by atoms with E-state index in [1.54, 1.807) is 11.3 Å². The SMILES string of the molecule is C[N+](C)(C)CCc1ccc2nc(CNC(=O)C3(CC(=O)O)Cc4ccccc4C3)sc2c1. The maximum Gasteiger partial charge on any atom is 0.304 e. The lowest BCUT2D eigenvalue weighted by Crippen LogP contribution is -2.43. The number of carboxylic acids is 1. The number of nitrogens with zero attached hydrogens (tertiary/aromatic N) is 2. The first-order chi connectivity index (χ1) is 15.1. The first kappa shape index (κ1) is 22.4. The highest BCUT2D eigenvalue weighted by molar-refractivity contribution is 7.18. The molecule has 0 radical (unpaired) electrons. The zero-order valence-corrected chi connectivity index (χ0v) is 19.7. The molecule has 1 aliphatic carbocycles. The zero-order valence-electron chi connectivity index (χ0n) is 18.9. The molecule has 168 valence electrons. The van der Waals surface area contributed by atoms with Crippen LogP contribution in [0.4, 0.5) is 0 Å². The van der Waals surface area contributed by atoms with Crippen LogP contribution < -0.4 is 5.32 Å². The molecule has 2 N–H and O–H groups in total. The third-order valence-corrected chi connectivity index (χ3v) is 7.13. The van der Waals surface area contributed by atoms with Gasteiger partial charge in [-0.15, -0.1) is 11.3 Å². The van der Waals surface area contributed by atoms with E-state index >= 15 is 0 Å². The number of rotatable bonds is 8. The van der Waals surface area contributed by atoms with Gasteiger partial charge in [0.1, 0.15) is 5.01 Å². The number of thiazole rings is 1. The summed E-state index contributed by atoms with van der Waals surface area (Å²) < 4.78 is 2.03. The summed E-state index contributed by atoms with van der Waals surface area (Å²) in [4.78, 5) is 29.4. The van der Waals surface area contributed by atoms with Crippen LogP contribution in [0.1, 0.15) is 28.1 Å². The van der Waals surface area contributed by atoms with E-state index in [4.69, 9.17) is 0 Å². The maximum absolute atomic E-state index is 13.2. The molecule has 0 aliphatic heterocycles. The highest BCUT2D eigenvalue weighted by atomic mass is 32.1. The molecule has 4 rings (SSSR count). The number of likely N-dealkylation sites (N-methyl/N-ethyl adjacent to an activating group) is 1. The van der Waals surface area contributed by atoms with Gasteiger partial charge in [0, 0.05) is 6.42 Å². The third kappa shape index (κ3) is 5.00. The van der Waals surface area contributed by atoms with Crippen molar-refractivity contribution in [3.8, 4) is 0 Å². The van der Waals surface area contributed by atoms with Crippen LogP contribution in [-0.4, -0.2) is 54.1 Å². The first-order valence-corrected chi connectivity index (χ1v) is 11.7. The lowest BCUT2D eigenvalue weighted by atomic mass is 9.80. The van der Waals surface area contributed by atoms with E-state index in [0.29, 0.717) is 19.4 Å². The lowest BCUT2D eigenvalue weighted by molar-refractivity contribution is -0.870. The number of fused-ring (bicyclic) bond motifs is 2. The Hall–Kier alpha value is -2.77. The fourth-order valence-corrected chi connectivity index (χ4v) is 5.38. The summed E-state index contributed by atoms with van der Waals surface area (Å²) >= 11 is 1.58. The summed E-state index contributed by atoms with van der Waals surface area (Å²) in [6.07, 6.45) is 1.73. The Bertz CT molecular complexity index is 1140. The van der Waals surface area contributed by atoms with Gasteiger partial charge in [-0.1, -0.05) is 30.3 Å². The van der Waals surface area contributed by atoms with Crippen molar-refractivity contribution in [3.63, 3.8) is 0 Å². The number of hydrogen-bond donors (Lipinski definition) is 2. The Labute approximate surface area is 192 Å². The van der Waals surface area contributed by atoms with E-state index in [1.165, 1.54) is 5.56 Å². The number of carboxylic acid groups (broad SMARTS) is 1. The number of hydrogen-bond acceptors (Lipinski definition) is 4. The smallest absolute Gasteiger partial charge is 0.304 e. The van der Waals surface area contributed by atoms with Crippen LogP contribution >= 0.6 is 11.3 Å². The van der Waals surface area contributed by atoms with E-state index in [9.17, 15) is 14.7 Å². The molecular weight excluding hydrogens is 422 g/mol. The minimum absolute atomic E-state index is 0.178. The number of quaternary nitrogens is 1. The molecule has 1 heterocycles. The van der Waals surface area contributed by atoms with Crippen LogP contribution in [0.5, 0.6) is 0 Å². The number of benzene rings is 2. The summed E-state index contributed by atoms with van der Waals surface area (Å²) in [6.45, 7) is 1.37. The summed E-state index contributed by atoms with van der Waals surface area (Å²) in [7, 11) is 6.56. The predicted octanol–water partition coefficient (Wildman–Crippen LogP) is 3.42. The molecule has 0 bridgehead atoms. The summed E-state index contributed by atoms with van der Waals surface area (Å²) in [6, 6.07) is 14.2. The molecule has 1 aromatic heterocycles. The molecule has 0 saturated carbocycles. The number of carbonyl (C=O) groups excluding carboxylic acids is 1. The predicted molar refractivity (Wildman–Crippen MR) is 127 cm³/mol. The molecule has 0 spiro atoms. The summed E-state index contributed by atoms with van der Waals surface area (Å²) in [5.74, 6) is -1.16. The molecule has 2 aromatic carbocycles. The van der Waals surface area contributed by atoms with Gasteiger partial charge in [0.25, 0.3) is 0 Å². The van der Waals surface area contributed by atoms with Crippen LogP contribution in [0.25, 0.3) is 10.2 Å². The maximum atomic E-state index is 13.2. The third-order valence-electron chi connectivity index (χ3n) is 6.12. The van der Waals surface area contributed by atoms with Crippen molar-refractivity contribution in [2.75, 3.05) is 27.7 Å². The highest BCUT2D eigenvalue weighted by Crippen LogP contribution is 2.40. The van der Waals surface area contributed by atoms with Gasteiger partial charge >= 0.3 is 5.97 Å². The average molecular weight is 453 g/mol. The van der Waals surface area contributed by atoms with E-state index in [1.807, 2.05) is 30.3 Å². The highest BCUT2D eigenvalue weighted by Gasteiger charge is 2.45. The van der Waals surface area contributed by atoms with E-state index in [-0.39, 0.29) is 12.3 Å². The van der Waals surface area contributed by atoms with Crippen LogP contribution in [0.15, 0.2) is 42.5 Å². The zero-order chi connectivity index (χ0) is 22.9. The van der Waals surface area contributed by atoms with Crippen molar-refractivity contribution in [3.05, 3.63) is 64.2 Å².